The average molecular weight is 133 g/mol. The van der Waals surface area contributed by atoms with E-state index in [9.17, 15) is 0 Å². The molecule has 0 amide bonds. The van der Waals surface area contributed by atoms with E-state index in [2.05, 4.69) is 16.0 Å². The van der Waals surface area contributed by atoms with Crippen LogP contribution in [0.4, 0.5) is 5.69 Å². The quantitative estimate of drug-likeness (QED) is 0.570. The monoisotopic (exact) mass is 133 g/mol. The van der Waals surface area contributed by atoms with Gasteiger partial charge in [-0.15, -0.1) is 0 Å². The van der Waals surface area contributed by atoms with Gasteiger partial charge in [0.25, 0.3) is 0 Å². The molecule has 0 aliphatic carbocycles. The van der Waals surface area contributed by atoms with Gasteiger partial charge in [0.1, 0.15) is 0 Å². The van der Waals surface area contributed by atoms with Crippen LogP contribution in [-0.4, -0.2) is 18.1 Å². The zero-order valence-electron chi connectivity index (χ0n) is 5.75. The van der Waals surface area contributed by atoms with Crippen LogP contribution in [0, 0.1) is 6.07 Å². The van der Waals surface area contributed by atoms with Gasteiger partial charge in [-0.1, -0.05) is 0 Å². The molecule has 0 N–H and O–H groups in total. The number of nitrogens with zero attached hydrogens (tertiary/aromatic N) is 2. The zero-order chi connectivity index (χ0) is 6.81. The number of aromatic nitrogens is 1. The van der Waals surface area contributed by atoms with Crippen molar-refractivity contribution in [3.05, 3.63) is 24.5 Å². The molecule has 1 radical (unpaired) electrons. The first-order valence-electron chi connectivity index (χ1n) is 3.53. The van der Waals surface area contributed by atoms with Crippen LogP contribution in [-0.2, 0) is 0 Å². The topological polar surface area (TPSA) is 16.1 Å². The fraction of sp³-hybridized carbons (Fsp3) is 0.375. The van der Waals surface area contributed by atoms with E-state index >= 15 is 0 Å². The molecular weight excluding hydrogens is 124 g/mol. The summed E-state index contributed by atoms with van der Waals surface area (Å²) in [7, 11) is 0. The van der Waals surface area contributed by atoms with Crippen LogP contribution < -0.4 is 4.90 Å². The Balaban J connectivity index is 2.18. The molecule has 51 valence electrons. The molecule has 1 saturated heterocycles. The number of hydrogen-bond acceptors (Lipinski definition) is 2. The normalized spacial score (nSPS) is 16.6. The molecule has 1 aliphatic rings. The second-order valence-electron chi connectivity index (χ2n) is 2.48. The molecular formula is C8H9N2. The van der Waals surface area contributed by atoms with Crippen LogP contribution in [0.25, 0.3) is 0 Å². The number of rotatable bonds is 1. The maximum Gasteiger partial charge on any atom is 0.0558 e. The van der Waals surface area contributed by atoms with Gasteiger partial charge in [0.15, 0.2) is 0 Å². The molecule has 2 heterocycles. The van der Waals surface area contributed by atoms with Crippen LogP contribution in [0.15, 0.2) is 18.5 Å². The molecule has 2 nitrogen and oxygen atoms in total. The van der Waals surface area contributed by atoms with Crippen molar-refractivity contribution in [3.63, 3.8) is 0 Å². The summed E-state index contributed by atoms with van der Waals surface area (Å²) in [6, 6.07) is 4.94. The maximum absolute atomic E-state index is 3.99. The van der Waals surface area contributed by atoms with Gasteiger partial charge >= 0.3 is 0 Å². The first kappa shape index (κ1) is 5.71. The van der Waals surface area contributed by atoms with Gasteiger partial charge in [-0.2, -0.15) is 0 Å². The van der Waals surface area contributed by atoms with Gasteiger partial charge in [-0.25, -0.2) is 0 Å². The molecule has 2 rings (SSSR count). The lowest BCUT2D eigenvalue weighted by molar-refractivity contribution is 0.616. The van der Waals surface area contributed by atoms with Gasteiger partial charge in [0.2, 0.25) is 0 Å². The Morgan fingerprint density at radius 3 is 2.90 bits per heavy atom. The Morgan fingerprint density at radius 1 is 1.50 bits per heavy atom. The Kier molecular flexibility index (Phi) is 1.31. The minimum Gasteiger partial charge on any atom is -0.370 e. The van der Waals surface area contributed by atoms with Crippen molar-refractivity contribution < 1.29 is 0 Å². The maximum atomic E-state index is 3.99. The molecule has 1 aliphatic heterocycles. The predicted octanol–water partition coefficient (Wildman–Crippen LogP) is 1.09. The highest BCUT2D eigenvalue weighted by Crippen LogP contribution is 2.17. The van der Waals surface area contributed by atoms with Crippen LogP contribution in [0.2, 0.25) is 0 Å². The Labute approximate surface area is 60.5 Å². The number of anilines is 1. The molecule has 1 aromatic rings. The van der Waals surface area contributed by atoms with Crippen LogP contribution in [0.5, 0.6) is 0 Å². The van der Waals surface area contributed by atoms with E-state index in [1.54, 1.807) is 6.20 Å². The Hall–Kier alpha value is -1.05. The van der Waals surface area contributed by atoms with Gasteiger partial charge < -0.3 is 4.90 Å². The van der Waals surface area contributed by atoms with E-state index in [-0.39, 0.29) is 0 Å². The van der Waals surface area contributed by atoms with Crippen molar-refractivity contribution in [1.29, 1.82) is 0 Å². The summed E-state index contributed by atoms with van der Waals surface area (Å²) in [6.45, 7) is 2.36. The van der Waals surface area contributed by atoms with Crippen LogP contribution in [0.1, 0.15) is 6.42 Å². The van der Waals surface area contributed by atoms with E-state index in [1.807, 2.05) is 12.3 Å². The third-order valence-electron chi connectivity index (χ3n) is 1.81. The van der Waals surface area contributed by atoms with Gasteiger partial charge in [-0.3, -0.25) is 4.98 Å². The van der Waals surface area contributed by atoms with Gasteiger partial charge in [0, 0.05) is 25.4 Å². The third kappa shape index (κ3) is 0.856. The van der Waals surface area contributed by atoms with E-state index < -0.39 is 0 Å². The minimum absolute atomic E-state index is 1.18. The fourth-order valence-electron chi connectivity index (χ4n) is 1.06. The van der Waals surface area contributed by atoms with Crippen molar-refractivity contribution in [2.45, 2.75) is 6.42 Å². The Morgan fingerprint density at radius 2 is 2.40 bits per heavy atom. The van der Waals surface area contributed by atoms with Gasteiger partial charge in [0.05, 0.1) is 11.9 Å². The minimum atomic E-state index is 1.18. The molecule has 2 heteroatoms. The molecule has 0 unspecified atom stereocenters. The molecule has 0 bridgehead atoms. The lowest BCUT2D eigenvalue weighted by atomic mass is 10.2. The lowest BCUT2D eigenvalue weighted by Crippen LogP contribution is -2.36. The molecule has 1 aromatic heterocycles. The number of hydrogen-bond donors (Lipinski definition) is 0. The van der Waals surface area contributed by atoms with E-state index in [0.717, 1.165) is 0 Å². The SMILES string of the molecule is [c]1cncc(N2CCC2)c1. The summed E-state index contributed by atoms with van der Waals surface area (Å²) in [5.74, 6) is 0. The highest BCUT2D eigenvalue weighted by atomic mass is 15.2. The predicted molar refractivity (Wildman–Crippen MR) is 39.9 cm³/mol. The fourth-order valence-corrected chi connectivity index (χ4v) is 1.06. The summed E-state index contributed by atoms with van der Waals surface area (Å²) in [5, 5.41) is 0. The molecule has 0 aromatic carbocycles. The lowest BCUT2D eigenvalue weighted by Gasteiger charge is -2.32. The first-order valence-corrected chi connectivity index (χ1v) is 3.53. The second kappa shape index (κ2) is 2.29. The standard InChI is InChI=1S/C8H9N2/c1-3-8(7-9-4-1)10-5-2-6-10/h3-4,7H,2,5-6H2. The van der Waals surface area contributed by atoms with Crippen molar-refractivity contribution in [2.24, 2.45) is 0 Å². The molecule has 10 heavy (non-hydrogen) atoms. The van der Waals surface area contributed by atoms with Crippen LogP contribution in [0.3, 0.4) is 0 Å². The molecule has 0 atom stereocenters. The highest BCUT2D eigenvalue weighted by molar-refractivity contribution is 5.45. The van der Waals surface area contributed by atoms with Crippen molar-refractivity contribution in [1.82, 2.24) is 4.98 Å². The molecule has 0 spiro atoms. The Bertz CT molecular complexity index is 204. The van der Waals surface area contributed by atoms with Crippen molar-refractivity contribution >= 4 is 5.69 Å². The van der Waals surface area contributed by atoms with E-state index in [4.69, 9.17) is 0 Å². The molecule has 0 saturated carbocycles. The van der Waals surface area contributed by atoms with Crippen molar-refractivity contribution in [2.75, 3.05) is 18.0 Å². The van der Waals surface area contributed by atoms with Crippen LogP contribution >= 0.6 is 0 Å². The third-order valence-corrected chi connectivity index (χ3v) is 1.81. The summed E-state index contributed by atoms with van der Waals surface area (Å²) in [6.07, 6.45) is 4.88. The summed E-state index contributed by atoms with van der Waals surface area (Å²) in [5.41, 5.74) is 1.20. The van der Waals surface area contributed by atoms with Gasteiger partial charge in [-0.05, 0) is 12.5 Å². The summed E-state index contributed by atoms with van der Waals surface area (Å²) < 4.78 is 0. The van der Waals surface area contributed by atoms with Crippen molar-refractivity contribution in [3.8, 4) is 0 Å². The van der Waals surface area contributed by atoms with E-state index in [0.29, 0.717) is 0 Å². The largest absolute Gasteiger partial charge is 0.370 e. The zero-order valence-corrected chi connectivity index (χ0v) is 5.75. The summed E-state index contributed by atoms with van der Waals surface area (Å²) in [4.78, 5) is 6.29. The molecule has 1 fully saturated rings. The smallest absolute Gasteiger partial charge is 0.0558 e. The second-order valence-corrected chi connectivity index (χ2v) is 2.48. The first-order chi connectivity index (χ1) is 4.97. The highest BCUT2D eigenvalue weighted by Gasteiger charge is 2.13. The average Bonchev–Trinajstić information content (AvgIpc) is 1.86. The van der Waals surface area contributed by atoms with E-state index in [1.165, 1.54) is 25.2 Å². The summed E-state index contributed by atoms with van der Waals surface area (Å²) >= 11 is 0. The number of pyridine rings is 1.